The molecule has 0 fully saturated rings. The average molecular weight is 343 g/mol. The van der Waals surface area contributed by atoms with E-state index < -0.39 is 60.2 Å². The van der Waals surface area contributed by atoms with Crippen LogP contribution in [-0.4, -0.2) is 46.5 Å². The van der Waals surface area contributed by atoms with Gasteiger partial charge in [0.2, 0.25) is 10.0 Å². The topological polar surface area (TPSA) is 118 Å². The van der Waals surface area contributed by atoms with Crippen LogP contribution in [0.2, 0.25) is 0 Å². The second-order valence-electron chi connectivity index (χ2n) is 4.10. The minimum atomic E-state index is -4.58. The SMILES string of the molecule is CS(=O)(=O)CCNS(=O)(=O)c1cc(C(=O)O)cc(F)c1F. The maximum Gasteiger partial charge on any atom is 0.335 e. The summed E-state index contributed by atoms with van der Waals surface area (Å²) in [6, 6.07) is 0.788. The molecular weight excluding hydrogens is 332 g/mol. The number of rotatable bonds is 6. The molecule has 0 aliphatic heterocycles. The zero-order valence-electron chi connectivity index (χ0n) is 10.6. The highest BCUT2D eigenvalue weighted by molar-refractivity contribution is 7.91. The van der Waals surface area contributed by atoms with Gasteiger partial charge in [0.15, 0.2) is 11.6 Å². The fourth-order valence-corrected chi connectivity index (χ4v) is 3.07. The molecule has 1 aromatic carbocycles. The molecular formula is C10H11F2NO6S2. The van der Waals surface area contributed by atoms with Crippen molar-refractivity contribution in [3.8, 4) is 0 Å². The molecule has 0 atom stereocenters. The van der Waals surface area contributed by atoms with E-state index in [1.165, 1.54) is 0 Å². The third-order valence-electron chi connectivity index (χ3n) is 2.30. The number of sulfonamides is 1. The van der Waals surface area contributed by atoms with Crippen LogP contribution in [0.5, 0.6) is 0 Å². The van der Waals surface area contributed by atoms with Crippen LogP contribution in [0.25, 0.3) is 0 Å². The molecule has 0 unspecified atom stereocenters. The van der Waals surface area contributed by atoms with Crippen LogP contribution in [-0.2, 0) is 19.9 Å². The van der Waals surface area contributed by atoms with Gasteiger partial charge >= 0.3 is 5.97 Å². The first-order chi connectivity index (χ1) is 9.44. The maximum atomic E-state index is 13.5. The van der Waals surface area contributed by atoms with Crippen molar-refractivity contribution in [2.75, 3.05) is 18.6 Å². The Bertz CT molecular complexity index is 773. The number of nitrogens with one attached hydrogen (secondary N) is 1. The van der Waals surface area contributed by atoms with E-state index in [2.05, 4.69) is 0 Å². The molecule has 0 amide bonds. The zero-order valence-corrected chi connectivity index (χ0v) is 12.3. The van der Waals surface area contributed by atoms with Gasteiger partial charge in [-0.2, -0.15) is 0 Å². The molecule has 0 radical (unpaired) electrons. The molecule has 0 spiro atoms. The van der Waals surface area contributed by atoms with Gasteiger partial charge in [-0.3, -0.25) is 0 Å². The first-order valence-corrected chi connectivity index (χ1v) is 8.88. The maximum absolute atomic E-state index is 13.5. The second-order valence-corrected chi connectivity index (χ2v) is 8.10. The highest BCUT2D eigenvalue weighted by Gasteiger charge is 2.24. The van der Waals surface area contributed by atoms with Crippen molar-refractivity contribution < 1.29 is 35.5 Å². The van der Waals surface area contributed by atoms with Gasteiger partial charge in [0.1, 0.15) is 14.7 Å². The van der Waals surface area contributed by atoms with Gasteiger partial charge in [-0.15, -0.1) is 0 Å². The fraction of sp³-hybridized carbons (Fsp3) is 0.300. The van der Waals surface area contributed by atoms with Crippen molar-refractivity contribution >= 4 is 25.8 Å². The molecule has 0 bridgehead atoms. The van der Waals surface area contributed by atoms with E-state index in [-0.39, 0.29) is 0 Å². The summed E-state index contributed by atoms with van der Waals surface area (Å²) < 4.78 is 73.7. The van der Waals surface area contributed by atoms with E-state index in [0.29, 0.717) is 12.1 Å². The average Bonchev–Trinajstić information content (AvgIpc) is 2.29. The quantitative estimate of drug-likeness (QED) is 0.750. The monoisotopic (exact) mass is 343 g/mol. The molecule has 0 aliphatic carbocycles. The molecule has 1 rings (SSSR count). The molecule has 0 saturated heterocycles. The standard InChI is InChI=1S/C10H11F2NO6S2/c1-20(16,17)3-2-13-21(18,19)8-5-6(10(14)15)4-7(11)9(8)12/h4-5,13H,2-3H2,1H3,(H,14,15). The number of hydrogen-bond donors (Lipinski definition) is 2. The lowest BCUT2D eigenvalue weighted by molar-refractivity contribution is 0.0696. The second kappa shape index (κ2) is 6.03. The summed E-state index contributed by atoms with van der Waals surface area (Å²) in [5.41, 5.74) is -0.752. The zero-order chi connectivity index (χ0) is 16.4. The Kier molecular flexibility index (Phi) is 5.02. The minimum Gasteiger partial charge on any atom is -0.478 e. The van der Waals surface area contributed by atoms with Crippen molar-refractivity contribution in [1.82, 2.24) is 4.72 Å². The lowest BCUT2D eigenvalue weighted by Crippen LogP contribution is -2.30. The van der Waals surface area contributed by atoms with Crippen LogP contribution in [0.1, 0.15) is 10.4 Å². The molecule has 21 heavy (non-hydrogen) atoms. The van der Waals surface area contributed by atoms with E-state index in [9.17, 15) is 30.4 Å². The van der Waals surface area contributed by atoms with E-state index in [4.69, 9.17) is 5.11 Å². The van der Waals surface area contributed by atoms with E-state index in [1.54, 1.807) is 4.72 Å². The van der Waals surface area contributed by atoms with Crippen LogP contribution in [0, 0.1) is 11.6 Å². The molecule has 2 N–H and O–H groups in total. The Morgan fingerprint density at radius 3 is 2.29 bits per heavy atom. The smallest absolute Gasteiger partial charge is 0.335 e. The van der Waals surface area contributed by atoms with Gasteiger partial charge in [0.05, 0.1) is 11.3 Å². The molecule has 0 heterocycles. The third kappa shape index (κ3) is 4.72. The summed E-state index contributed by atoms with van der Waals surface area (Å²) in [4.78, 5) is 9.50. The Hall–Kier alpha value is -1.59. The number of benzene rings is 1. The normalized spacial score (nSPS) is 12.3. The number of carboxylic acid groups (broad SMARTS) is 1. The first-order valence-electron chi connectivity index (χ1n) is 5.34. The minimum absolute atomic E-state index is 0.340. The Labute approximate surface area is 119 Å². The van der Waals surface area contributed by atoms with E-state index in [1.807, 2.05) is 0 Å². The fourth-order valence-electron chi connectivity index (χ4n) is 1.32. The molecule has 0 aliphatic rings. The highest BCUT2D eigenvalue weighted by Crippen LogP contribution is 2.19. The lowest BCUT2D eigenvalue weighted by Gasteiger charge is -2.08. The summed E-state index contributed by atoms with van der Waals surface area (Å²) in [6.45, 7) is -0.556. The van der Waals surface area contributed by atoms with Crippen molar-refractivity contribution in [3.05, 3.63) is 29.3 Å². The van der Waals surface area contributed by atoms with Crippen LogP contribution in [0.15, 0.2) is 17.0 Å². The van der Waals surface area contributed by atoms with E-state index >= 15 is 0 Å². The van der Waals surface area contributed by atoms with Crippen molar-refractivity contribution in [2.45, 2.75) is 4.90 Å². The van der Waals surface area contributed by atoms with Crippen molar-refractivity contribution in [1.29, 1.82) is 0 Å². The Morgan fingerprint density at radius 1 is 1.24 bits per heavy atom. The number of hydrogen-bond acceptors (Lipinski definition) is 5. The van der Waals surface area contributed by atoms with Crippen molar-refractivity contribution in [3.63, 3.8) is 0 Å². The third-order valence-corrected chi connectivity index (χ3v) is 4.70. The van der Waals surface area contributed by atoms with Gasteiger partial charge < -0.3 is 5.11 Å². The summed E-state index contributed by atoms with van der Waals surface area (Å²) in [6.07, 6.45) is 0.868. The molecule has 118 valence electrons. The number of carboxylic acids is 1. The first kappa shape index (κ1) is 17.5. The summed E-state index contributed by atoms with van der Waals surface area (Å²) in [7, 11) is -8.04. The summed E-state index contributed by atoms with van der Waals surface area (Å²) in [5, 5.41) is 8.69. The van der Waals surface area contributed by atoms with Crippen LogP contribution in [0.4, 0.5) is 8.78 Å². The molecule has 0 saturated carbocycles. The number of carbonyl (C=O) groups is 1. The number of aromatic carboxylic acids is 1. The highest BCUT2D eigenvalue weighted by atomic mass is 32.2. The predicted molar refractivity (Wildman–Crippen MR) is 68.2 cm³/mol. The van der Waals surface area contributed by atoms with Gasteiger partial charge in [0.25, 0.3) is 0 Å². The van der Waals surface area contributed by atoms with E-state index in [0.717, 1.165) is 6.26 Å². The molecule has 7 nitrogen and oxygen atoms in total. The van der Waals surface area contributed by atoms with Crippen molar-refractivity contribution in [2.24, 2.45) is 0 Å². The predicted octanol–water partition coefficient (Wildman–Crippen LogP) is -0.0141. The Balaban J connectivity index is 3.16. The Morgan fingerprint density at radius 2 is 1.81 bits per heavy atom. The molecule has 1 aromatic rings. The lowest BCUT2D eigenvalue weighted by atomic mass is 10.2. The molecule has 11 heteroatoms. The van der Waals surface area contributed by atoms with Crippen LogP contribution >= 0.6 is 0 Å². The van der Waals surface area contributed by atoms with Gasteiger partial charge in [-0.05, 0) is 12.1 Å². The number of halogens is 2. The summed E-state index contributed by atoms with van der Waals surface area (Å²) >= 11 is 0. The van der Waals surface area contributed by atoms with Crippen LogP contribution in [0.3, 0.4) is 0 Å². The van der Waals surface area contributed by atoms with Gasteiger partial charge in [-0.1, -0.05) is 0 Å². The van der Waals surface area contributed by atoms with Gasteiger partial charge in [-0.25, -0.2) is 35.1 Å². The number of sulfone groups is 1. The van der Waals surface area contributed by atoms with Gasteiger partial charge in [0, 0.05) is 12.8 Å². The molecule has 0 aromatic heterocycles. The largest absolute Gasteiger partial charge is 0.478 e. The summed E-state index contributed by atoms with van der Waals surface area (Å²) in [5.74, 6) is -5.57. The van der Waals surface area contributed by atoms with Crippen LogP contribution < -0.4 is 4.72 Å².